The smallest absolute Gasteiger partial charge is 0.326 e. The molecule has 0 aliphatic heterocycles. The Labute approximate surface area is 165 Å². The van der Waals surface area contributed by atoms with Crippen LogP contribution in [0.15, 0.2) is 52.9 Å². The zero-order chi connectivity index (χ0) is 20.8. The summed E-state index contributed by atoms with van der Waals surface area (Å²) in [5.41, 5.74) is 0.789. The molecule has 0 aliphatic rings. The first-order valence-corrected chi connectivity index (χ1v) is 8.67. The number of halogens is 1. The molecule has 1 aromatic heterocycles. The fraction of sp³-hybridized carbons (Fsp3) is 0.200. The molecule has 0 fully saturated rings. The average molecular weight is 399 g/mol. The Morgan fingerprint density at radius 2 is 1.93 bits per heavy atom. The molecular formula is C20H18FN3O5. The lowest BCUT2D eigenvalue weighted by molar-refractivity contribution is -0.148. The lowest BCUT2D eigenvalue weighted by Gasteiger charge is -2.10. The Morgan fingerprint density at radius 1 is 1.17 bits per heavy atom. The van der Waals surface area contributed by atoms with Crippen molar-refractivity contribution in [3.05, 3.63) is 65.8 Å². The highest BCUT2D eigenvalue weighted by Gasteiger charge is 2.19. The lowest BCUT2D eigenvalue weighted by atomic mass is 10.2. The first-order chi connectivity index (χ1) is 14.0. The molecule has 0 aliphatic carbocycles. The summed E-state index contributed by atoms with van der Waals surface area (Å²) in [6.07, 6.45) is -0.812. The maximum absolute atomic E-state index is 13.1. The minimum atomic E-state index is -0.812. The van der Waals surface area contributed by atoms with Gasteiger partial charge in [0, 0.05) is 11.1 Å². The number of hydrogen-bond acceptors (Lipinski definition) is 7. The van der Waals surface area contributed by atoms with Gasteiger partial charge >= 0.3 is 5.97 Å². The summed E-state index contributed by atoms with van der Waals surface area (Å²) < 4.78 is 29.0. The second-order valence-electron chi connectivity index (χ2n) is 6.00. The Morgan fingerprint density at radius 3 is 2.62 bits per heavy atom. The topological polar surface area (TPSA) is 104 Å². The van der Waals surface area contributed by atoms with E-state index < -0.39 is 23.8 Å². The Hall–Kier alpha value is -3.75. The number of rotatable bonds is 7. The monoisotopic (exact) mass is 399 g/mol. The molecule has 150 valence electrons. The van der Waals surface area contributed by atoms with Crippen molar-refractivity contribution in [2.75, 3.05) is 13.7 Å². The van der Waals surface area contributed by atoms with Gasteiger partial charge < -0.3 is 19.2 Å². The number of amides is 1. The molecule has 1 N–H and O–H groups in total. The highest BCUT2D eigenvalue weighted by Crippen LogP contribution is 2.24. The maximum Gasteiger partial charge on any atom is 0.326 e. The van der Waals surface area contributed by atoms with E-state index in [1.165, 1.54) is 18.2 Å². The van der Waals surface area contributed by atoms with Gasteiger partial charge in [0.1, 0.15) is 18.1 Å². The SMILES string of the molecule is COc1ccc(-c2nnc([C@H](C)OC(=O)CNC(=O)c3cccc(F)c3)o2)cc1. The number of ether oxygens (including phenoxy) is 2. The fourth-order valence-electron chi connectivity index (χ4n) is 2.42. The zero-order valence-electron chi connectivity index (χ0n) is 15.7. The van der Waals surface area contributed by atoms with Crippen LogP contribution in [0.5, 0.6) is 5.75 Å². The van der Waals surface area contributed by atoms with E-state index >= 15 is 0 Å². The molecule has 1 amide bonds. The largest absolute Gasteiger partial charge is 0.497 e. The van der Waals surface area contributed by atoms with Gasteiger partial charge in [-0.1, -0.05) is 6.07 Å². The van der Waals surface area contributed by atoms with Crippen molar-refractivity contribution in [1.29, 1.82) is 0 Å². The van der Waals surface area contributed by atoms with Crippen LogP contribution in [0.3, 0.4) is 0 Å². The third kappa shape index (κ3) is 5.16. The number of nitrogens with one attached hydrogen (secondary N) is 1. The first kappa shape index (κ1) is 20.0. The second kappa shape index (κ2) is 8.96. The van der Waals surface area contributed by atoms with Crippen LogP contribution in [-0.4, -0.2) is 35.7 Å². The zero-order valence-corrected chi connectivity index (χ0v) is 15.7. The van der Waals surface area contributed by atoms with E-state index in [4.69, 9.17) is 13.9 Å². The predicted octanol–water partition coefficient (Wildman–Crippen LogP) is 2.92. The number of esters is 1. The van der Waals surface area contributed by atoms with Crippen LogP contribution in [0, 0.1) is 5.82 Å². The summed E-state index contributed by atoms with van der Waals surface area (Å²) in [5.74, 6) is -0.764. The van der Waals surface area contributed by atoms with Crippen molar-refractivity contribution in [2.24, 2.45) is 0 Å². The van der Waals surface area contributed by atoms with E-state index in [1.807, 2.05) is 0 Å². The van der Waals surface area contributed by atoms with Gasteiger partial charge in [0.05, 0.1) is 7.11 Å². The Balaban J connectivity index is 1.54. The van der Waals surface area contributed by atoms with E-state index in [0.717, 1.165) is 6.07 Å². The molecule has 0 spiro atoms. The van der Waals surface area contributed by atoms with Crippen LogP contribution in [0.4, 0.5) is 4.39 Å². The van der Waals surface area contributed by atoms with Gasteiger partial charge in [0.2, 0.25) is 5.89 Å². The number of hydrogen-bond donors (Lipinski definition) is 1. The van der Waals surface area contributed by atoms with E-state index in [-0.39, 0.29) is 23.9 Å². The van der Waals surface area contributed by atoms with Crippen molar-refractivity contribution < 1.29 is 27.9 Å². The van der Waals surface area contributed by atoms with Gasteiger partial charge in [-0.05, 0) is 49.4 Å². The Bertz CT molecular complexity index is 1000. The second-order valence-corrected chi connectivity index (χ2v) is 6.00. The summed E-state index contributed by atoms with van der Waals surface area (Å²) in [6.45, 7) is 1.18. The summed E-state index contributed by atoms with van der Waals surface area (Å²) in [4.78, 5) is 23.9. The number of carbonyl (C=O) groups excluding carboxylic acids is 2. The number of nitrogens with zero attached hydrogens (tertiary/aromatic N) is 2. The number of methoxy groups -OCH3 is 1. The highest BCUT2D eigenvalue weighted by molar-refractivity contribution is 5.95. The van der Waals surface area contributed by atoms with Crippen LogP contribution in [0.1, 0.15) is 29.3 Å². The van der Waals surface area contributed by atoms with E-state index in [9.17, 15) is 14.0 Å². The first-order valence-electron chi connectivity index (χ1n) is 8.67. The lowest BCUT2D eigenvalue weighted by Crippen LogP contribution is -2.31. The fourth-order valence-corrected chi connectivity index (χ4v) is 2.42. The number of aromatic nitrogens is 2. The van der Waals surface area contributed by atoms with Crippen LogP contribution < -0.4 is 10.1 Å². The maximum atomic E-state index is 13.1. The molecule has 1 heterocycles. The molecule has 29 heavy (non-hydrogen) atoms. The van der Waals surface area contributed by atoms with Gasteiger partial charge in [0.15, 0.2) is 6.10 Å². The molecule has 0 radical (unpaired) electrons. The van der Waals surface area contributed by atoms with Gasteiger partial charge in [-0.3, -0.25) is 9.59 Å². The van der Waals surface area contributed by atoms with Crippen molar-refractivity contribution in [1.82, 2.24) is 15.5 Å². The third-order valence-corrected chi connectivity index (χ3v) is 3.91. The van der Waals surface area contributed by atoms with Crippen molar-refractivity contribution in [3.63, 3.8) is 0 Å². The molecule has 8 nitrogen and oxygen atoms in total. The summed E-state index contributed by atoms with van der Waals surface area (Å²) in [7, 11) is 1.57. The van der Waals surface area contributed by atoms with E-state index in [0.29, 0.717) is 11.3 Å². The van der Waals surface area contributed by atoms with E-state index in [1.54, 1.807) is 38.3 Å². The van der Waals surface area contributed by atoms with Gasteiger partial charge in [-0.25, -0.2) is 4.39 Å². The average Bonchev–Trinajstić information content (AvgIpc) is 3.22. The number of carbonyl (C=O) groups is 2. The standard InChI is InChI=1S/C20H18FN3O5/c1-12(19-23-24-20(29-19)13-6-8-16(27-2)9-7-13)28-17(25)11-22-18(26)14-4-3-5-15(21)10-14/h3-10,12H,11H2,1-2H3,(H,22,26)/t12-/m0/s1. The minimum absolute atomic E-state index is 0.104. The quantitative estimate of drug-likeness (QED) is 0.609. The summed E-state index contributed by atoms with van der Waals surface area (Å²) in [6, 6.07) is 12.2. The van der Waals surface area contributed by atoms with Crippen molar-refractivity contribution in [3.8, 4) is 17.2 Å². The molecule has 9 heteroatoms. The molecule has 3 aromatic rings. The third-order valence-electron chi connectivity index (χ3n) is 3.91. The molecule has 0 unspecified atom stereocenters. The van der Waals surface area contributed by atoms with Crippen LogP contribution in [0.2, 0.25) is 0 Å². The highest BCUT2D eigenvalue weighted by atomic mass is 19.1. The predicted molar refractivity (Wildman–Crippen MR) is 99.5 cm³/mol. The molecule has 3 rings (SSSR count). The molecule has 2 aromatic carbocycles. The normalized spacial score (nSPS) is 11.6. The Kier molecular flexibility index (Phi) is 6.18. The molecular weight excluding hydrogens is 381 g/mol. The van der Waals surface area contributed by atoms with Crippen LogP contribution in [0.25, 0.3) is 11.5 Å². The van der Waals surface area contributed by atoms with Gasteiger partial charge in [-0.15, -0.1) is 10.2 Å². The van der Waals surface area contributed by atoms with Crippen LogP contribution >= 0.6 is 0 Å². The summed E-state index contributed by atoms with van der Waals surface area (Å²) in [5, 5.41) is 10.2. The molecule has 0 bridgehead atoms. The summed E-state index contributed by atoms with van der Waals surface area (Å²) >= 11 is 0. The molecule has 1 atom stereocenters. The van der Waals surface area contributed by atoms with Gasteiger partial charge in [0.25, 0.3) is 11.8 Å². The minimum Gasteiger partial charge on any atom is -0.497 e. The molecule has 0 saturated heterocycles. The number of benzene rings is 2. The van der Waals surface area contributed by atoms with E-state index in [2.05, 4.69) is 15.5 Å². The van der Waals surface area contributed by atoms with Crippen molar-refractivity contribution >= 4 is 11.9 Å². The van der Waals surface area contributed by atoms with Crippen LogP contribution in [-0.2, 0) is 9.53 Å². The molecule has 0 saturated carbocycles. The van der Waals surface area contributed by atoms with Gasteiger partial charge in [-0.2, -0.15) is 0 Å². The van der Waals surface area contributed by atoms with Crippen molar-refractivity contribution in [2.45, 2.75) is 13.0 Å².